The summed E-state index contributed by atoms with van der Waals surface area (Å²) in [5.74, 6) is 1.42. The van der Waals surface area contributed by atoms with E-state index in [1.807, 2.05) is 12.1 Å². The highest BCUT2D eigenvalue weighted by molar-refractivity contribution is 9.10. The summed E-state index contributed by atoms with van der Waals surface area (Å²) < 4.78 is 7.07. The number of aliphatic imine (C=N–C) groups is 1. The van der Waals surface area contributed by atoms with Gasteiger partial charge < -0.3 is 10.1 Å². The van der Waals surface area contributed by atoms with Crippen molar-refractivity contribution in [1.29, 1.82) is 0 Å². The van der Waals surface area contributed by atoms with Crippen LogP contribution in [0.5, 0.6) is 0 Å². The van der Waals surface area contributed by atoms with Crippen LogP contribution in [0.4, 0.5) is 0 Å². The highest BCUT2D eigenvalue weighted by atomic mass is 79.9. The standard InChI is InChI=1S/C13H15BrN2O/c14-11-3-1-2-9(6-11)12-8-16-13(17-12)10-4-5-15-7-10/h1-3,6,10,12,15H,4-5,7-8H2. The molecule has 2 aliphatic rings. The molecule has 0 spiro atoms. The summed E-state index contributed by atoms with van der Waals surface area (Å²) in [6.45, 7) is 2.83. The second-order valence-electron chi connectivity index (χ2n) is 4.53. The van der Waals surface area contributed by atoms with Crippen LogP contribution < -0.4 is 5.32 Å². The first-order chi connectivity index (χ1) is 8.33. The predicted molar refractivity (Wildman–Crippen MR) is 71.2 cm³/mol. The lowest BCUT2D eigenvalue weighted by Gasteiger charge is -2.14. The molecule has 3 nitrogen and oxygen atoms in total. The number of hydrogen-bond donors (Lipinski definition) is 1. The monoisotopic (exact) mass is 294 g/mol. The number of ether oxygens (including phenoxy) is 1. The molecule has 4 heteroatoms. The summed E-state index contributed by atoms with van der Waals surface area (Å²) in [7, 11) is 0. The molecule has 1 fully saturated rings. The van der Waals surface area contributed by atoms with Crippen molar-refractivity contribution in [3.8, 4) is 0 Å². The lowest BCUT2D eigenvalue weighted by Crippen LogP contribution is -2.18. The van der Waals surface area contributed by atoms with E-state index in [0.29, 0.717) is 5.92 Å². The number of halogens is 1. The zero-order valence-corrected chi connectivity index (χ0v) is 11.1. The third-order valence-corrected chi connectivity index (χ3v) is 3.80. The summed E-state index contributed by atoms with van der Waals surface area (Å²) in [5, 5.41) is 3.34. The van der Waals surface area contributed by atoms with E-state index in [1.54, 1.807) is 0 Å². The molecule has 90 valence electrons. The van der Waals surface area contributed by atoms with E-state index in [1.165, 1.54) is 5.56 Å². The van der Waals surface area contributed by atoms with Crippen LogP contribution in [0.15, 0.2) is 33.7 Å². The molecule has 2 unspecified atom stereocenters. The summed E-state index contributed by atoms with van der Waals surface area (Å²) in [6.07, 6.45) is 1.24. The molecular formula is C13H15BrN2O. The minimum atomic E-state index is 0.100. The summed E-state index contributed by atoms with van der Waals surface area (Å²) in [4.78, 5) is 4.54. The summed E-state index contributed by atoms with van der Waals surface area (Å²) in [6, 6.07) is 8.27. The van der Waals surface area contributed by atoms with E-state index in [4.69, 9.17) is 4.74 Å². The quantitative estimate of drug-likeness (QED) is 0.909. The van der Waals surface area contributed by atoms with Gasteiger partial charge in [-0.25, -0.2) is 0 Å². The zero-order chi connectivity index (χ0) is 11.7. The lowest BCUT2D eigenvalue weighted by molar-refractivity contribution is 0.216. The zero-order valence-electron chi connectivity index (χ0n) is 9.53. The summed E-state index contributed by atoms with van der Waals surface area (Å²) >= 11 is 3.49. The fourth-order valence-electron chi connectivity index (χ4n) is 2.36. The van der Waals surface area contributed by atoms with E-state index in [2.05, 4.69) is 38.4 Å². The van der Waals surface area contributed by atoms with Crippen LogP contribution in [0.3, 0.4) is 0 Å². The Kier molecular flexibility index (Phi) is 3.16. The molecular weight excluding hydrogens is 280 g/mol. The lowest BCUT2D eigenvalue weighted by atomic mass is 10.1. The topological polar surface area (TPSA) is 33.6 Å². The van der Waals surface area contributed by atoms with Gasteiger partial charge in [0.1, 0.15) is 6.10 Å². The molecule has 0 saturated carbocycles. The second-order valence-corrected chi connectivity index (χ2v) is 5.45. The highest BCUT2D eigenvalue weighted by Gasteiger charge is 2.29. The van der Waals surface area contributed by atoms with E-state index in [-0.39, 0.29) is 6.10 Å². The van der Waals surface area contributed by atoms with Gasteiger partial charge in [0.05, 0.1) is 6.54 Å². The van der Waals surface area contributed by atoms with Crippen LogP contribution in [0.2, 0.25) is 0 Å². The Morgan fingerprint density at radius 1 is 1.41 bits per heavy atom. The van der Waals surface area contributed by atoms with Crippen LogP contribution in [0, 0.1) is 5.92 Å². The van der Waals surface area contributed by atoms with Crippen molar-refractivity contribution in [3.05, 3.63) is 34.3 Å². The van der Waals surface area contributed by atoms with Crippen LogP contribution in [0.25, 0.3) is 0 Å². The maximum absolute atomic E-state index is 5.98. The van der Waals surface area contributed by atoms with Gasteiger partial charge in [0, 0.05) is 16.9 Å². The number of nitrogens with zero attached hydrogens (tertiary/aromatic N) is 1. The molecule has 1 saturated heterocycles. The van der Waals surface area contributed by atoms with E-state index >= 15 is 0 Å². The SMILES string of the molecule is Brc1cccc(C2CN=C(C3CCNC3)O2)c1. The van der Waals surface area contributed by atoms with Crippen molar-refractivity contribution < 1.29 is 4.74 Å². The van der Waals surface area contributed by atoms with Gasteiger partial charge >= 0.3 is 0 Å². The molecule has 0 aromatic heterocycles. The van der Waals surface area contributed by atoms with E-state index < -0.39 is 0 Å². The van der Waals surface area contributed by atoms with Gasteiger partial charge in [0.25, 0.3) is 0 Å². The van der Waals surface area contributed by atoms with Crippen LogP contribution in [-0.2, 0) is 4.74 Å². The Morgan fingerprint density at radius 3 is 3.12 bits per heavy atom. The number of nitrogens with one attached hydrogen (secondary N) is 1. The van der Waals surface area contributed by atoms with Crippen molar-refractivity contribution in [2.45, 2.75) is 12.5 Å². The molecule has 0 bridgehead atoms. The third kappa shape index (κ3) is 2.38. The summed E-state index contributed by atoms with van der Waals surface area (Å²) in [5.41, 5.74) is 1.20. The molecule has 1 N–H and O–H groups in total. The Labute approximate surface area is 109 Å². The first kappa shape index (κ1) is 11.2. The van der Waals surface area contributed by atoms with Crippen LogP contribution >= 0.6 is 15.9 Å². The van der Waals surface area contributed by atoms with Gasteiger partial charge in [-0.3, -0.25) is 4.99 Å². The van der Waals surface area contributed by atoms with E-state index in [0.717, 1.165) is 36.4 Å². The minimum Gasteiger partial charge on any atom is -0.471 e. The maximum atomic E-state index is 5.98. The molecule has 1 aromatic carbocycles. The fraction of sp³-hybridized carbons (Fsp3) is 0.462. The predicted octanol–water partition coefficient (Wildman–Crippen LogP) is 2.53. The normalized spacial score (nSPS) is 27.9. The molecule has 0 aliphatic carbocycles. The second kappa shape index (κ2) is 4.78. The molecule has 17 heavy (non-hydrogen) atoms. The average molecular weight is 295 g/mol. The Bertz CT molecular complexity index is 441. The molecule has 2 heterocycles. The van der Waals surface area contributed by atoms with Gasteiger partial charge in [-0.2, -0.15) is 0 Å². The van der Waals surface area contributed by atoms with E-state index in [9.17, 15) is 0 Å². The maximum Gasteiger partial charge on any atom is 0.188 e. The van der Waals surface area contributed by atoms with Gasteiger partial charge in [0.2, 0.25) is 0 Å². The minimum absolute atomic E-state index is 0.100. The number of rotatable bonds is 2. The van der Waals surface area contributed by atoms with Crippen LogP contribution in [0.1, 0.15) is 18.1 Å². The van der Waals surface area contributed by atoms with Gasteiger partial charge in [-0.1, -0.05) is 28.1 Å². The number of benzene rings is 1. The molecule has 3 rings (SSSR count). The largest absolute Gasteiger partial charge is 0.471 e. The molecule has 1 aromatic rings. The highest BCUT2D eigenvalue weighted by Crippen LogP contribution is 2.28. The molecule has 2 atom stereocenters. The van der Waals surface area contributed by atoms with Crippen molar-refractivity contribution in [2.75, 3.05) is 19.6 Å². The van der Waals surface area contributed by atoms with Gasteiger partial charge in [0.15, 0.2) is 5.90 Å². The van der Waals surface area contributed by atoms with Gasteiger partial charge in [-0.05, 0) is 30.7 Å². The van der Waals surface area contributed by atoms with Crippen LogP contribution in [-0.4, -0.2) is 25.5 Å². The third-order valence-electron chi connectivity index (χ3n) is 3.31. The van der Waals surface area contributed by atoms with Crippen molar-refractivity contribution >= 4 is 21.8 Å². The Hall–Kier alpha value is -0.870. The number of hydrogen-bond acceptors (Lipinski definition) is 3. The van der Waals surface area contributed by atoms with Crippen molar-refractivity contribution in [3.63, 3.8) is 0 Å². The fourth-order valence-corrected chi connectivity index (χ4v) is 2.78. The first-order valence-electron chi connectivity index (χ1n) is 6.00. The smallest absolute Gasteiger partial charge is 0.188 e. The molecule has 0 radical (unpaired) electrons. The van der Waals surface area contributed by atoms with Crippen molar-refractivity contribution in [2.24, 2.45) is 10.9 Å². The average Bonchev–Trinajstić information content (AvgIpc) is 3.00. The first-order valence-corrected chi connectivity index (χ1v) is 6.79. The Morgan fingerprint density at radius 2 is 2.35 bits per heavy atom. The Balaban J connectivity index is 1.69. The molecule has 0 amide bonds. The molecule has 2 aliphatic heterocycles. The van der Waals surface area contributed by atoms with Gasteiger partial charge in [-0.15, -0.1) is 0 Å². The van der Waals surface area contributed by atoms with Crippen molar-refractivity contribution in [1.82, 2.24) is 5.32 Å².